The van der Waals surface area contributed by atoms with Crippen molar-refractivity contribution in [2.45, 2.75) is 26.4 Å². The Morgan fingerprint density at radius 2 is 1.88 bits per heavy atom. The van der Waals surface area contributed by atoms with Crippen LogP contribution in [0.5, 0.6) is 0 Å². The third-order valence-electron chi connectivity index (χ3n) is 5.05. The number of aliphatic imine (C=N–C) groups is 1. The van der Waals surface area contributed by atoms with Crippen LogP contribution in [-0.4, -0.2) is 53.7 Å². The average molecular weight is 433 g/mol. The van der Waals surface area contributed by atoms with Crippen molar-refractivity contribution in [2.24, 2.45) is 4.99 Å². The zero-order valence-electron chi connectivity index (χ0n) is 19.1. The van der Waals surface area contributed by atoms with E-state index in [2.05, 4.69) is 34.8 Å². The monoisotopic (exact) mass is 432 g/mol. The second kappa shape index (κ2) is 11.7. The van der Waals surface area contributed by atoms with Gasteiger partial charge in [-0.25, -0.2) is 4.99 Å². The third-order valence-corrected chi connectivity index (χ3v) is 5.05. The number of nitrogens with zero attached hydrogens (tertiary/aromatic N) is 4. The number of amides is 1. The van der Waals surface area contributed by atoms with Gasteiger partial charge in [0.2, 0.25) is 0 Å². The Balaban J connectivity index is 1.60. The van der Waals surface area contributed by atoms with E-state index >= 15 is 0 Å². The molecule has 2 aromatic carbocycles. The van der Waals surface area contributed by atoms with Crippen molar-refractivity contribution in [2.75, 3.05) is 27.2 Å². The summed E-state index contributed by atoms with van der Waals surface area (Å²) in [4.78, 5) is 18.6. The van der Waals surface area contributed by atoms with Crippen molar-refractivity contribution in [1.29, 1.82) is 0 Å². The van der Waals surface area contributed by atoms with Gasteiger partial charge < -0.3 is 15.5 Å². The Labute approximate surface area is 190 Å². The van der Waals surface area contributed by atoms with E-state index in [1.165, 1.54) is 11.1 Å². The molecule has 0 unspecified atom stereocenters. The van der Waals surface area contributed by atoms with E-state index in [9.17, 15) is 4.79 Å². The predicted octanol–water partition coefficient (Wildman–Crippen LogP) is 2.93. The average Bonchev–Trinajstić information content (AvgIpc) is 3.31. The SMILES string of the molecule is CCNC(=NCc1ccccc1Cn1cccn1)NCCc1cccc(C(=O)N(C)C)c1. The van der Waals surface area contributed by atoms with Crippen LogP contribution in [0.1, 0.15) is 34.0 Å². The summed E-state index contributed by atoms with van der Waals surface area (Å²) in [7, 11) is 3.53. The number of rotatable bonds is 9. The quantitative estimate of drug-likeness (QED) is 0.403. The number of carbonyl (C=O) groups excluding carboxylic acids is 1. The van der Waals surface area contributed by atoms with E-state index in [1.54, 1.807) is 25.2 Å². The Morgan fingerprint density at radius 3 is 2.59 bits per heavy atom. The highest BCUT2D eigenvalue weighted by atomic mass is 16.2. The lowest BCUT2D eigenvalue weighted by molar-refractivity contribution is 0.0827. The number of benzene rings is 2. The molecular weight excluding hydrogens is 400 g/mol. The molecule has 7 heteroatoms. The van der Waals surface area contributed by atoms with E-state index in [0.717, 1.165) is 37.6 Å². The summed E-state index contributed by atoms with van der Waals surface area (Å²) in [5.41, 5.74) is 4.21. The maximum atomic E-state index is 12.2. The van der Waals surface area contributed by atoms with Crippen molar-refractivity contribution in [1.82, 2.24) is 25.3 Å². The van der Waals surface area contributed by atoms with Crippen LogP contribution in [0.15, 0.2) is 72.0 Å². The Kier molecular flexibility index (Phi) is 8.43. The maximum absolute atomic E-state index is 12.2. The molecule has 0 spiro atoms. The first-order valence-electron chi connectivity index (χ1n) is 10.9. The summed E-state index contributed by atoms with van der Waals surface area (Å²) in [5.74, 6) is 0.797. The standard InChI is InChI=1S/C25H32N6O/c1-4-26-25(27-15-13-20-9-7-12-21(17-20)24(32)30(2)3)28-18-22-10-5-6-11-23(22)19-31-16-8-14-29-31/h5-12,14,16-17H,4,13,15,18-19H2,1-3H3,(H2,26,27,28). The Morgan fingerprint density at radius 1 is 1.06 bits per heavy atom. The second-order valence-electron chi connectivity index (χ2n) is 7.74. The highest BCUT2D eigenvalue weighted by Crippen LogP contribution is 2.12. The lowest BCUT2D eigenvalue weighted by Gasteiger charge is -2.14. The first kappa shape index (κ1) is 23.1. The Bertz CT molecular complexity index is 1030. The number of hydrogen-bond acceptors (Lipinski definition) is 3. The molecule has 0 fully saturated rings. The molecule has 0 aliphatic carbocycles. The number of guanidine groups is 1. The molecule has 3 rings (SSSR count). The lowest BCUT2D eigenvalue weighted by atomic mass is 10.1. The van der Waals surface area contributed by atoms with Gasteiger partial charge in [0.25, 0.3) is 5.91 Å². The minimum atomic E-state index is 0.0171. The summed E-state index contributed by atoms with van der Waals surface area (Å²) >= 11 is 0. The molecule has 0 aliphatic rings. The summed E-state index contributed by atoms with van der Waals surface area (Å²) in [6.45, 7) is 4.87. The minimum Gasteiger partial charge on any atom is -0.357 e. The minimum absolute atomic E-state index is 0.0171. The fraction of sp³-hybridized carbons (Fsp3) is 0.320. The number of aromatic nitrogens is 2. The summed E-state index contributed by atoms with van der Waals surface area (Å²) < 4.78 is 1.92. The molecule has 2 N–H and O–H groups in total. The predicted molar refractivity (Wildman–Crippen MR) is 129 cm³/mol. The summed E-state index contributed by atoms with van der Waals surface area (Å²) in [5, 5.41) is 11.0. The molecule has 7 nitrogen and oxygen atoms in total. The van der Waals surface area contributed by atoms with Gasteiger partial charge in [-0.05, 0) is 48.2 Å². The van der Waals surface area contributed by atoms with E-state index < -0.39 is 0 Å². The smallest absolute Gasteiger partial charge is 0.253 e. The molecule has 168 valence electrons. The molecule has 0 radical (unpaired) electrons. The Hall–Kier alpha value is -3.61. The number of carbonyl (C=O) groups is 1. The molecule has 1 heterocycles. The van der Waals surface area contributed by atoms with Gasteiger partial charge in [-0.15, -0.1) is 0 Å². The van der Waals surface area contributed by atoms with E-state index in [0.29, 0.717) is 12.1 Å². The van der Waals surface area contributed by atoms with Crippen LogP contribution in [-0.2, 0) is 19.5 Å². The zero-order chi connectivity index (χ0) is 22.8. The van der Waals surface area contributed by atoms with Crippen LogP contribution in [0.4, 0.5) is 0 Å². The van der Waals surface area contributed by atoms with Gasteiger partial charge >= 0.3 is 0 Å². The number of hydrogen-bond donors (Lipinski definition) is 2. The summed E-state index contributed by atoms with van der Waals surface area (Å²) in [6, 6.07) is 18.0. The van der Waals surface area contributed by atoms with Gasteiger partial charge in [-0.3, -0.25) is 9.48 Å². The van der Waals surface area contributed by atoms with Crippen molar-refractivity contribution in [3.05, 3.63) is 89.2 Å². The van der Waals surface area contributed by atoms with Crippen molar-refractivity contribution < 1.29 is 4.79 Å². The highest BCUT2D eigenvalue weighted by molar-refractivity contribution is 5.94. The topological polar surface area (TPSA) is 74.5 Å². The molecule has 0 saturated heterocycles. The second-order valence-corrected chi connectivity index (χ2v) is 7.74. The van der Waals surface area contributed by atoms with Crippen LogP contribution in [0.25, 0.3) is 0 Å². The van der Waals surface area contributed by atoms with Crippen LogP contribution < -0.4 is 10.6 Å². The molecule has 3 aromatic rings. The largest absolute Gasteiger partial charge is 0.357 e. The maximum Gasteiger partial charge on any atom is 0.253 e. The molecule has 0 bridgehead atoms. The molecule has 0 aliphatic heterocycles. The van der Waals surface area contributed by atoms with Gasteiger partial charge in [0.1, 0.15) is 0 Å². The molecule has 0 saturated carbocycles. The van der Waals surface area contributed by atoms with Crippen molar-refractivity contribution in [3.63, 3.8) is 0 Å². The normalized spacial score (nSPS) is 11.3. The molecule has 32 heavy (non-hydrogen) atoms. The van der Waals surface area contributed by atoms with Crippen LogP contribution >= 0.6 is 0 Å². The van der Waals surface area contributed by atoms with Gasteiger partial charge in [0, 0.05) is 45.1 Å². The molecule has 1 aromatic heterocycles. The van der Waals surface area contributed by atoms with Gasteiger partial charge in [0.15, 0.2) is 5.96 Å². The van der Waals surface area contributed by atoms with Gasteiger partial charge in [-0.1, -0.05) is 36.4 Å². The van der Waals surface area contributed by atoms with Gasteiger partial charge in [0.05, 0.1) is 13.1 Å². The fourth-order valence-corrected chi connectivity index (χ4v) is 3.38. The molecule has 0 atom stereocenters. The van der Waals surface area contributed by atoms with Crippen LogP contribution in [0.3, 0.4) is 0 Å². The van der Waals surface area contributed by atoms with Crippen LogP contribution in [0.2, 0.25) is 0 Å². The van der Waals surface area contributed by atoms with Crippen LogP contribution in [0, 0.1) is 0 Å². The van der Waals surface area contributed by atoms with Crippen molar-refractivity contribution in [3.8, 4) is 0 Å². The summed E-state index contributed by atoms with van der Waals surface area (Å²) in [6.07, 6.45) is 4.56. The first-order chi connectivity index (χ1) is 15.6. The van der Waals surface area contributed by atoms with E-state index in [1.807, 2.05) is 53.3 Å². The van der Waals surface area contributed by atoms with E-state index in [4.69, 9.17) is 4.99 Å². The van der Waals surface area contributed by atoms with Gasteiger partial charge in [-0.2, -0.15) is 5.10 Å². The fourth-order valence-electron chi connectivity index (χ4n) is 3.38. The molecule has 1 amide bonds. The number of nitrogens with one attached hydrogen (secondary N) is 2. The highest BCUT2D eigenvalue weighted by Gasteiger charge is 2.08. The zero-order valence-corrected chi connectivity index (χ0v) is 19.1. The van der Waals surface area contributed by atoms with E-state index in [-0.39, 0.29) is 5.91 Å². The first-order valence-corrected chi connectivity index (χ1v) is 10.9. The molecular formula is C25H32N6O. The third kappa shape index (κ3) is 6.70. The lowest BCUT2D eigenvalue weighted by Crippen LogP contribution is -2.38. The van der Waals surface area contributed by atoms with Crippen molar-refractivity contribution >= 4 is 11.9 Å².